The number of aryl methyl sites for hydroxylation is 1. The van der Waals surface area contributed by atoms with Gasteiger partial charge in [0, 0.05) is 20.1 Å². The summed E-state index contributed by atoms with van der Waals surface area (Å²) in [6.07, 6.45) is 1.41. The number of hydrogen-bond acceptors (Lipinski definition) is 5. The zero-order valence-corrected chi connectivity index (χ0v) is 13.6. The molecule has 2 aliphatic rings. The molecule has 0 spiro atoms. The van der Waals surface area contributed by atoms with Gasteiger partial charge in [0.05, 0.1) is 11.8 Å². The fraction of sp³-hybridized carbons (Fsp3) is 0.643. The van der Waals surface area contributed by atoms with Crippen molar-refractivity contribution in [2.75, 3.05) is 23.9 Å². The minimum Gasteiger partial charge on any atom is -0.380 e. The predicted octanol–water partition coefficient (Wildman–Crippen LogP) is 2.26. The SMILES string of the molecule is CC.CCc1nc(Cl)nc2c1NC(=O)C1CC(OC)CN21. The molecule has 6 nitrogen and oxygen atoms in total. The fourth-order valence-electron chi connectivity index (χ4n) is 2.71. The first-order valence-electron chi connectivity index (χ1n) is 7.30. The van der Waals surface area contributed by atoms with E-state index in [0.717, 1.165) is 5.69 Å². The first-order chi connectivity index (χ1) is 10.1. The number of rotatable bonds is 2. The number of hydrogen-bond donors (Lipinski definition) is 1. The number of carbonyl (C=O) groups is 1. The summed E-state index contributed by atoms with van der Waals surface area (Å²) >= 11 is 5.96. The van der Waals surface area contributed by atoms with E-state index in [1.807, 2.05) is 25.7 Å². The molecule has 0 aliphatic carbocycles. The van der Waals surface area contributed by atoms with E-state index in [0.29, 0.717) is 30.9 Å². The van der Waals surface area contributed by atoms with Gasteiger partial charge < -0.3 is 15.0 Å². The van der Waals surface area contributed by atoms with Crippen LogP contribution >= 0.6 is 11.6 Å². The van der Waals surface area contributed by atoms with Crippen molar-refractivity contribution in [1.82, 2.24) is 9.97 Å². The van der Waals surface area contributed by atoms with E-state index in [4.69, 9.17) is 16.3 Å². The monoisotopic (exact) mass is 312 g/mol. The van der Waals surface area contributed by atoms with Crippen molar-refractivity contribution in [3.63, 3.8) is 0 Å². The molecule has 3 heterocycles. The van der Waals surface area contributed by atoms with Crippen LogP contribution in [0.4, 0.5) is 11.5 Å². The number of nitrogens with one attached hydrogen (secondary N) is 1. The summed E-state index contributed by atoms with van der Waals surface area (Å²) in [6.45, 7) is 6.62. The third-order valence-electron chi connectivity index (χ3n) is 3.69. The molecule has 3 rings (SSSR count). The minimum absolute atomic E-state index is 0.0207. The Kier molecular flexibility index (Phi) is 5.00. The first kappa shape index (κ1) is 16.0. The number of aromatic nitrogens is 2. The molecule has 116 valence electrons. The lowest BCUT2D eigenvalue weighted by Crippen LogP contribution is -2.45. The van der Waals surface area contributed by atoms with Gasteiger partial charge in [0.2, 0.25) is 11.2 Å². The lowest BCUT2D eigenvalue weighted by Gasteiger charge is -2.32. The number of fused-ring (bicyclic) bond motifs is 3. The molecule has 1 N–H and O–H groups in total. The standard InChI is InChI=1S/C12H15ClN4O2.C2H6/c1-3-7-9-10(16-12(13)14-7)17-5-6(19-2)4-8(17)11(18)15-9;1-2/h6,8H,3-5H2,1-2H3,(H,15,18);1-2H3. The largest absolute Gasteiger partial charge is 0.380 e. The van der Waals surface area contributed by atoms with Gasteiger partial charge in [0.25, 0.3) is 0 Å². The van der Waals surface area contributed by atoms with Crippen molar-refractivity contribution in [2.45, 2.75) is 45.8 Å². The van der Waals surface area contributed by atoms with Crippen LogP contribution in [0.5, 0.6) is 0 Å². The van der Waals surface area contributed by atoms with Crippen LogP contribution in [0.15, 0.2) is 0 Å². The summed E-state index contributed by atoms with van der Waals surface area (Å²) in [4.78, 5) is 22.6. The molecule has 7 heteroatoms. The molecule has 1 amide bonds. The van der Waals surface area contributed by atoms with E-state index in [2.05, 4.69) is 15.3 Å². The fourth-order valence-corrected chi connectivity index (χ4v) is 2.90. The van der Waals surface area contributed by atoms with Gasteiger partial charge in [-0.25, -0.2) is 4.98 Å². The summed E-state index contributed by atoms with van der Waals surface area (Å²) in [5.74, 6) is 0.689. The molecule has 21 heavy (non-hydrogen) atoms. The average Bonchev–Trinajstić information content (AvgIpc) is 2.95. The highest BCUT2D eigenvalue weighted by atomic mass is 35.5. The van der Waals surface area contributed by atoms with Crippen molar-refractivity contribution < 1.29 is 9.53 Å². The van der Waals surface area contributed by atoms with Crippen LogP contribution in [-0.4, -0.2) is 41.7 Å². The number of amides is 1. The second kappa shape index (κ2) is 6.58. The third kappa shape index (κ3) is 2.82. The van der Waals surface area contributed by atoms with E-state index in [9.17, 15) is 4.79 Å². The van der Waals surface area contributed by atoms with Crippen LogP contribution in [0, 0.1) is 0 Å². The summed E-state index contributed by atoms with van der Waals surface area (Å²) in [6, 6.07) is -0.229. The highest BCUT2D eigenvalue weighted by Gasteiger charge is 2.43. The Morgan fingerprint density at radius 3 is 2.76 bits per heavy atom. The number of carbonyl (C=O) groups excluding carboxylic acids is 1. The maximum atomic E-state index is 12.2. The Balaban J connectivity index is 0.000000774. The average molecular weight is 313 g/mol. The number of anilines is 2. The molecular weight excluding hydrogens is 292 g/mol. The maximum absolute atomic E-state index is 12.2. The van der Waals surface area contributed by atoms with Crippen molar-refractivity contribution >= 4 is 29.0 Å². The Morgan fingerprint density at radius 2 is 2.14 bits per heavy atom. The third-order valence-corrected chi connectivity index (χ3v) is 3.86. The van der Waals surface area contributed by atoms with E-state index < -0.39 is 0 Å². The lowest BCUT2D eigenvalue weighted by atomic mass is 10.1. The van der Waals surface area contributed by atoms with Crippen molar-refractivity contribution in [2.24, 2.45) is 0 Å². The summed E-state index contributed by atoms with van der Waals surface area (Å²) in [7, 11) is 1.66. The second-order valence-corrected chi connectivity index (χ2v) is 5.08. The number of halogens is 1. The molecule has 2 unspecified atom stereocenters. The van der Waals surface area contributed by atoms with E-state index in [1.54, 1.807) is 7.11 Å². The first-order valence-corrected chi connectivity index (χ1v) is 7.68. The van der Waals surface area contributed by atoms with Crippen LogP contribution in [0.3, 0.4) is 0 Å². The molecular formula is C14H21ClN4O2. The molecule has 0 aromatic carbocycles. The van der Waals surface area contributed by atoms with Gasteiger partial charge in [0.1, 0.15) is 11.7 Å². The Bertz CT molecular complexity index is 538. The molecule has 2 atom stereocenters. The molecule has 1 saturated heterocycles. The van der Waals surface area contributed by atoms with Gasteiger partial charge >= 0.3 is 0 Å². The molecule has 2 aliphatic heterocycles. The lowest BCUT2D eigenvalue weighted by molar-refractivity contribution is -0.117. The van der Waals surface area contributed by atoms with Gasteiger partial charge in [0.15, 0.2) is 5.82 Å². The smallest absolute Gasteiger partial charge is 0.247 e. The molecule has 0 bridgehead atoms. The van der Waals surface area contributed by atoms with Crippen LogP contribution in [0.2, 0.25) is 5.28 Å². The molecule has 0 saturated carbocycles. The second-order valence-electron chi connectivity index (χ2n) is 4.74. The van der Waals surface area contributed by atoms with Gasteiger partial charge in [-0.05, 0) is 18.0 Å². The zero-order valence-electron chi connectivity index (χ0n) is 12.8. The topological polar surface area (TPSA) is 67.3 Å². The molecule has 1 aromatic heterocycles. The highest BCUT2D eigenvalue weighted by Crippen LogP contribution is 2.38. The van der Waals surface area contributed by atoms with Gasteiger partial charge in [-0.2, -0.15) is 4.98 Å². The number of methoxy groups -OCH3 is 1. The quantitative estimate of drug-likeness (QED) is 0.848. The van der Waals surface area contributed by atoms with E-state index >= 15 is 0 Å². The highest BCUT2D eigenvalue weighted by molar-refractivity contribution is 6.28. The van der Waals surface area contributed by atoms with Crippen LogP contribution in [0.25, 0.3) is 0 Å². The van der Waals surface area contributed by atoms with Crippen LogP contribution in [0.1, 0.15) is 32.9 Å². The van der Waals surface area contributed by atoms with Crippen molar-refractivity contribution in [3.8, 4) is 0 Å². The number of nitrogens with zero attached hydrogens (tertiary/aromatic N) is 3. The summed E-state index contributed by atoms with van der Waals surface area (Å²) in [5.41, 5.74) is 1.45. The van der Waals surface area contributed by atoms with Gasteiger partial charge in [-0.1, -0.05) is 20.8 Å². The van der Waals surface area contributed by atoms with Crippen LogP contribution in [-0.2, 0) is 16.0 Å². The Hall–Kier alpha value is -1.40. The van der Waals surface area contributed by atoms with Crippen molar-refractivity contribution in [3.05, 3.63) is 11.0 Å². The van der Waals surface area contributed by atoms with E-state index in [-0.39, 0.29) is 23.3 Å². The molecule has 1 aromatic rings. The zero-order chi connectivity index (χ0) is 15.6. The Morgan fingerprint density at radius 1 is 1.43 bits per heavy atom. The maximum Gasteiger partial charge on any atom is 0.247 e. The molecule has 0 radical (unpaired) electrons. The predicted molar refractivity (Wildman–Crippen MR) is 82.9 cm³/mol. The summed E-state index contributed by atoms with van der Waals surface area (Å²) < 4.78 is 5.36. The van der Waals surface area contributed by atoms with Crippen molar-refractivity contribution in [1.29, 1.82) is 0 Å². The van der Waals surface area contributed by atoms with Crippen LogP contribution < -0.4 is 10.2 Å². The summed E-state index contributed by atoms with van der Waals surface area (Å²) in [5, 5.41) is 3.12. The van der Waals surface area contributed by atoms with E-state index in [1.165, 1.54) is 0 Å². The minimum atomic E-state index is -0.229. The van der Waals surface area contributed by atoms with Gasteiger partial charge in [-0.3, -0.25) is 4.79 Å². The molecule has 1 fully saturated rings. The normalized spacial score (nSPS) is 22.9. The van der Waals surface area contributed by atoms with Gasteiger partial charge in [-0.15, -0.1) is 0 Å². The number of ether oxygens (including phenoxy) is 1. The Labute approximate surface area is 129 Å².